The summed E-state index contributed by atoms with van der Waals surface area (Å²) in [4.78, 5) is 62.2. The molecule has 21 nitrogen and oxygen atoms in total. The maximum Gasteiger partial charge on any atom is 0.267 e. The van der Waals surface area contributed by atoms with Gasteiger partial charge in [-0.1, -0.05) is 300 Å². The third kappa shape index (κ3) is 36.3. The van der Waals surface area contributed by atoms with E-state index >= 15 is 0 Å². The number of nitrogens with zero attached hydrogens (tertiary/aromatic N) is 14. The Bertz CT molecular complexity index is 5040. The number of Topliss-reactive ketones (excluding diaryl/α,β-unsaturated/α-hetero) is 1. The fraction of sp³-hybridized carbons (Fsp3) is 0.813. The quantitative estimate of drug-likeness (QED) is 0.162. The van der Waals surface area contributed by atoms with E-state index in [1.54, 1.807) is 11.1 Å². The van der Waals surface area contributed by atoms with E-state index in [-0.39, 0.29) is 95.6 Å². The predicted octanol–water partition coefficient (Wildman–Crippen LogP) is 30.4. The predicted molar refractivity (Wildman–Crippen MR) is 621 cm³/mol. The van der Waals surface area contributed by atoms with Crippen LogP contribution >= 0.6 is 24.4 Å². The molecule has 828 valence electrons. The highest BCUT2D eigenvalue weighted by molar-refractivity contribution is 8.05. The van der Waals surface area contributed by atoms with Crippen LogP contribution in [0.1, 0.15) is 483 Å². The number of carbonyl (C=O) groups excluding carboxylic acids is 5. The van der Waals surface area contributed by atoms with Crippen LogP contribution in [0.25, 0.3) is 0 Å². The van der Waals surface area contributed by atoms with Crippen LogP contribution < -0.4 is 10.9 Å². The van der Waals surface area contributed by atoms with Gasteiger partial charge in [0, 0.05) is 115 Å². The molecular weight excluding hydrogens is 1850 g/mol. The van der Waals surface area contributed by atoms with Crippen molar-refractivity contribution in [1.29, 1.82) is 0 Å². The minimum atomic E-state index is -0.454. The van der Waals surface area contributed by atoms with Gasteiger partial charge in [0.25, 0.3) is 11.8 Å². The summed E-state index contributed by atoms with van der Waals surface area (Å²) in [6.07, 6.45) is 35.3. The van der Waals surface area contributed by atoms with Gasteiger partial charge in [-0.15, -0.1) is 22.0 Å². The largest absolute Gasteiger partial charge is 0.299 e. The van der Waals surface area contributed by atoms with E-state index in [4.69, 9.17) is 0 Å². The lowest BCUT2D eigenvalue weighted by molar-refractivity contribution is -0.144. The molecule has 14 atom stereocenters. The molecule has 2 bridgehead atoms. The summed E-state index contributed by atoms with van der Waals surface area (Å²) in [7, 11) is 0. The molecule has 16 rings (SSSR count). The number of aromatic nitrogens is 8. The second-order valence-corrected chi connectivity index (χ2v) is 63.9. The molecule has 13 aliphatic rings. The maximum absolute atomic E-state index is 12.6. The van der Waals surface area contributed by atoms with E-state index in [9.17, 15) is 24.0 Å². The Balaban J connectivity index is 0.000000251. The molecule has 1 saturated heterocycles. The first-order chi connectivity index (χ1) is 65.9. The number of aryl methyl sites for hydroxylation is 2. The lowest BCUT2D eigenvalue weighted by Gasteiger charge is -2.35. The van der Waals surface area contributed by atoms with E-state index in [1.165, 1.54) is 164 Å². The molecule has 3 aromatic rings. The lowest BCUT2D eigenvalue weighted by atomic mass is 9.72. The van der Waals surface area contributed by atoms with E-state index in [1.807, 2.05) is 106 Å². The van der Waals surface area contributed by atoms with Crippen molar-refractivity contribution in [3.05, 3.63) is 80.8 Å². The molecule has 6 saturated carbocycles. The standard InChI is InChI=1S/C20H32N2.C17H29N3.C15H24N2O.C14H24N2.C13H20N2.C12H19NO2S.C10H19N3.C8H13NO2S.2C5H12.C4H10/c1-7-20(5,6)18-14-10-11-16-15(17(16)19(2,3)4)9-8-13(14)12-21-22-18;1-16(2,3)15-11-7-9-13-14(10-8-12(11)15)20(19-18-13)17(4,5)6;1-13(2,3)11(18)10-9-8-16-17-12(14(4,5)6)15(9,10)7;1-14(2,3)13-12-9-7-5-4-6-8-11(12)10-15-16-13;1-13(2,3)12-11-9-5-4-8(6-9)10(11)7-14-15-12;1-11(2,3)13-9(14)7-8(10(13)15)16-12(4,5)6;1-9(2,3)8-7-13(12-11-8)10(4,5)6;1-8(2,3)9-6(10)4-5(12)7(9)11;2*1-5(2,3)4;1-4(2)3/h12,15-17H,7-11H2,1-6H3;11-12,15H,7-10H2,1-6H3;8-10H,1-7H3;10,12,15H,4-9H2,1-3H3;7-9,11,14H,4-6H2,1-3H3;7H,1-6H3;7H,1-6H3;5,12H,4H2,1-3H3;2*1-4H3;4H,1-3H3. The number of hydrogen-bond donors (Lipinski definition) is 3. The summed E-state index contributed by atoms with van der Waals surface area (Å²) >= 11 is 5.47. The molecule has 0 aromatic carbocycles. The molecule has 5 aliphatic heterocycles. The molecular formula is C123H214N16O5S2. The molecule has 14 unspecified atom stereocenters. The normalized spacial score (nSPS) is 25.9. The van der Waals surface area contributed by atoms with Gasteiger partial charge in [0.1, 0.15) is 5.78 Å². The molecule has 8 heterocycles. The topological polar surface area (TPSA) is 253 Å². The Hall–Kier alpha value is -6.49. The van der Waals surface area contributed by atoms with Crippen LogP contribution in [0, 0.1) is 126 Å². The maximum atomic E-state index is 12.6. The van der Waals surface area contributed by atoms with Gasteiger partial charge >= 0.3 is 0 Å². The Kier molecular flexibility index (Phi) is 42.5. The fourth-order valence-corrected chi connectivity index (χ4v) is 23.9. The van der Waals surface area contributed by atoms with Gasteiger partial charge in [-0.05, 0) is 277 Å². The first kappa shape index (κ1) is 128. The number of thioether (sulfide) groups is 1. The number of thiol groups is 1. The summed E-state index contributed by atoms with van der Waals surface area (Å²) in [6, 6.07) is 0. The minimum Gasteiger partial charge on any atom is -0.299 e. The van der Waals surface area contributed by atoms with Crippen LogP contribution in [0.4, 0.5) is 0 Å². The summed E-state index contributed by atoms with van der Waals surface area (Å²) in [5.41, 5.74) is 22.6. The second kappa shape index (κ2) is 48.4. The Morgan fingerprint density at radius 2 is 1.04 bits per heavy atom. The Morgan fingerprint density at radius 1 is 0.541 bits per heavy atom. The van der Waals surface area contributed by atoms with Gasteiger partial charge in [0.05, 0.1) is 67.3 Å². The Labute approximate surface area is 901 Å². The summed E-state index contributed by atoms with van der Waals surface area (Å²) in [6.45, 7) is 110. The zero-order valence-electron chi connectivity index (χ0n) is 103. The monoisotopic (exact) mass is 2060 g/mol. The van der Waals surface area contributed by atoms with Gasteiger partial charge in [0.15, 0.2) is 0 Å². The van der Waals surface area contributed by atoms with E-state index in [2.05, 4.69) is 362 Å². The van der Waals surface area contributed by atoms with Crippen LogP contribution in [0.3, 0.4) is 0 Å². The number of imide groups is 2. The molecule has 8 aliphatic carbocycles. The number of allylic oxidation sites excluding steroid dienone is 2. The molecule has 146 heavy (non-hydrogen) atoms. The first-order valence-electron chi connectivity index (χ1n) is 56.2. The fourth-order valence-electron chi connectivity index (χ4n) is 22.7. The average Bonchev–Trinajstić information content (AvgIpc) is 1.51. The van der Waals surface area contributed by atoms with Crippen LogP contribution in [0.5, 0.6) is 0 Å². The number of hydrazone groups is 2. The minimum absolute atomic E-state index is 0.0243. The molecule has 3 aromatic heterocycles. The number of fused-ring (bicyclic) bond motifs is 11. The highest BCUT2D eigenvalue weighted by atomic mass is 32.2. The zero-order chi connectivity index (χ0) is 112. The van der Waals surface area contributed by atoms with Crippen molar-refractivity contribution in [3.8, 4) is 0 Å². The van der Waals surface area contributed by atoms with E-state index in [0.29, 0.717) is 44.2 Å². The van der Waals surface area contributed by atoms with Gasteiger partial charge < -0.3 is 0 Å². The SMILES string of the molecule is CC(C)(C)C.CC(C)(C)C.CC(C)(C)C(=O)C1C2C=NN=C(C(C)(C)C)C21C.CC(C)(C)C1=NNC=C2C3CCC(C3)C21.CC(C)(C)C1=NNC=C2CCCCCCC21.CC(C)(C)C1C2CCc3nnn(C(C)(C)C)c3CCC21.CC(C)(C)N1C(=O)CC(S)C1=O.CC(C)(C)SC1=CC(=O)N(C(C)(C)C)C1=O.CC(C)(C)c1cn(C(C)(C)C)nn1.CC(C)C.CCC(C)(C)c1nncc2c1CCC1C(CC2)C1C(C)(C)C. The smallest absolute Gasteiger partial charge is 0.267 e. The van der Waals surface area contributed by atoms with Crippen molar-refractivity contribution in [1.82, 2.24) is 60.8 Å². The van der Waals surface area contributed by atoms with Crippen LogP contribution in [-0.4, -0.2) is 124 Å². The van der Waals surface area contributed by atoms with E-state index in [0.717, 1.165) is 83.9 Å². The van der Waals surface area contributed by atoms with Gasteiger partial charge in [-0.3, -0.25) is 44.6 Å². The third-order valence-corrected chi connectivity index (χ3v) is 31.0. The Morgan fingerprint density at radius 3 is 1.47 bits per heavy atom. The number of rotatable bonds is 4. The number of nitrogens with one attached hydrogen (secondary N) is 2. The van der Waals surface area contributed by atoms with Crippen molar-refractivity contribution in [2.45, 2.75) is 518 Å². The van der Waals surface area contributed by atoms with Crippen molar-refractivity contribution >= 4 is 77.2 Å². The summed E-state index contributed by atoms with van der Waals surface area (Å²) < 4.78 is 4.01. The first-order valence-corrected chi connectivity index (χ1v) is 57.5. The van der Waals surface area contributed by atoms with Gasteiger partial charge in [-0.2, -0.15) is 43.2 Å². The number of ketones is 1. The average molecular weight is 2060 g/mol. The molecule has 4 amide bonds. The highest BCUT2D eigenvalue weighted by Crippen LogP contribution is 2.65. The van der Waals surface area contributed by atoms with Gasteiger partial charge in [-0.25, -0.2) is 9.36 Å². The van der Waals surface area contributed by atoms with Crippen molar-refractivity contribution in [2.24, 2.45) is 146 Å². The summed E-state index contributed by atoms with van der Waals surface area (Å²) in [5, 5.41) is 43.2. The van der Waals surface area contributed by atoms with Crippen molar-refractivity contribution in [3.63, 3.8) is 0 Å². The van der Waals surface area contributed by atoms with E-state index < -0.39 is 16.3 Å². The number of hydrogen-bond acceptors (Lipinski definition) is 19. The number of likely N-dealkylation sites (tertiary alicyclic amines) is 1. The highest BCUT2D eigenvalue weighted by Gasteiger charge is 2.70. The van der Waals surface area contributed by atoms with Crippen LogP contribution in [0.15, 0.2) is 67.3 Å². The number of amides is 4. The zero-order valence-corrected chi connectivity index (χ0v) is 104. The second-order valence-electron chi connectivity index (χ2n) is 61.4. The third-order valence-electron chi connectivity index (χ3n) is 29.5. The molecule has 0 spiro atoms. The van der Waals surface area contributed by atoms with Crippen molar-refractivity contribution in [2.75, 3.05) is 0 Å². The van der Waals surface area contributed by atoms with Gasteiger partial charge in [0.2, 0.25) is 11.8 Å². The molecule has 0 radical (unpaired) electrons. The number of carbonyl (C=O) groups is 5. The van der Waals surface area contributed by atoms with Crippen LogP contribution in [-0.2, 0) is 71.6 Å². The lowest BCUT2D eigenvalue weighted by Crippen LogP contribution is -2.45. The molecule has 23 heteroatoms. The van der Waals surface area contributed by atoms with Crippen LogP contribution in [0.2, 0.25) is 0 Å². The summed E-state index contributed by atoms with van der Waals surface area (Å²) in [5.74, 6) is 9.45. The molecule has 7 fully saturated rings. The van der Waals surface area contributed by atoms with Crippen molar-refractivity contribution < 1.29 is 24.0 Å². The molecule has 2 N–H and O–H groups in total.